The minimum absolute atomic E-state index is 0.0428. The maximum Gasteiger partial charge on any atom is 0.322 e. The number of ketones is 1. The Kier molecular flexibility index (Phi) is 4.97. The second-order valence-electron chi connectivity index (χ2n) is 5.99. The van der Waals surface area contributed by atoms with Gasteiger partial charge in [0.2, 0.25) is 0 Å². The average molecular weight is 341 g/mol. The van der Waals surface area contributed by atoms with Crippen LogP contribution in [-0.4, -0.2) is 42.9 Å². The van der Waals surface area contributed by atoms with Crippen molar-refractivity contribution in [2.75, 3.05) is 36.4 Å². The molecule has 25 heavy (non-hydrogen) atoms. The standard InChI is InChI=1S/C19H20FN3O2/c1-14(24)15-6-8-16(9-7-15)22-10-12-23(13-11-22)19(25)21-18-5-3-2-4-17(18)20/h2-9H,10-13H2,1H3,(H,21,25). The molecule has 1 fully saturated rings. The SMILES string of the molecule is CC(=O)c1ccc(N2CCN(C(=O)Nc3ccccc3F)CC2)cc1. The highest BCUT2D eigenvalue weighted by Gasteiger charge is 2.22. The molecule has 0 aromatic heterocycles. The lowest BCUT2D eigenvalue weighted by Gasteiger charge is -2.36. The third-order valence-corrected chi connectivity index (χ3v) is 4.32. The third-order valence-electron chi connectivity index (χ3n) is 4.32. The Morgan fingerprint density at radius 3 is 2.20 bits per heavy atom. The van der Waals surface area contributed by atoms with Crippen LogP contribution in [0.2, 0.25) is 0 Å². The number of rotatable bonds is 3. The summed E-state index contributed by atoms with van der Waals surface area (Å²) in [4.78, 5) is 27.4. The topological polar surface area (TPSA) is 52.7 Å². The molecule has 1 heterocycles. The van der Waals surface area contributed by atoms with Crippen LogP contribution in [0.25, 0.3) is 0 Å². The first-order valence-corrected chi connectivity index (χ1v) is 8.21. The lowest BCUT2D eigenvalue weighted by molar-refractivity contribution is 0.101. The number of urea groups is 1. The van der Waals surface area contributed by atoms with Crippen LogP contribution in [0.4, 0.5) is 20.6 Å². The summed E-state index contributed by atoms with van der Waals surface area (Å²) < 4.78 is 13.6. The van der Waals surface area contributed by atoms with Gasteiger partial charge in [0.15, 0.2) is 5.78 Å². The molecule has 1 saturated heterocycles. The van der Waals surface area contributed by atoms with Crippen molar-refractivity contribution in [1.29, 1.82) is 0 Å². The van der Waals surface area contributed by atoms with E-state index < -0.39 is 5.82 Å². The smallest absolute Gasteiger partial charge is 0.322 e. The minimum Gasteiger partial charge on any atom is -0.368 e. The highest BCUT2D eigenvalue weighted by molar-refractivity contribution is 5.94. The molecule has 1 aliphatic rings. The van der Waals surface area contributed by atoms with Crippen molar-refractivity contribution < 1.29 is 14.0 Å². The fraction of sp³-hybridized carbons (Fsp3) is 0.263. The van der Waals surface area contributed by atoms with Crippen molar-refractivity contribution in [3.05, 3.63) is 59.9 Å². The molecule has 2 aromatic carbocycles. The van der Waals surface area contributed by atoms with Gasteiger partial charge < -0.3 is 15.1 Å². The van der Waals surface area contributed by atoms with E-state index in [0.717, 1.165) is 5.69 Å². The number of amides is 2. The highest BCUT2D eigenvalue weighted by atomic mass is 19.1. The molecule has 1 aliphatic heterocycles. The molecule has 0 unspecified atom stereocenters. The molecule has 0 bridgehead atoms. The maximum atomic E-state index is 13.6. The molecule has 0 radical (unpaired) electrons. The summed E-state index contributed by atoms with van der Waals surface area (Å²) in [6.07, 6.45) is 0. The van der Waals surface area contributed by atoms with Crippen LogP contribution in [0.1, 0.15) is 17.3 Å². The van der Waals surface area contributed by atoms with Crippen LogP contribution in [0, 0.1) is 5.82 Å². The lowest BCUT2D eigenvalue weighted by atomic mass is 10.1. The molecular formula is C19H20FN3O2. The molecule has 1 N–H and O–H groups in total. The van der Waals surface area contributed by atoms with E-state index in [-0.39, 0.29) is 17.5 Å². The molecule has 2 aromatic rings. The zero-order valence-electron chi connectivity index (χ0n) is 14.0. The van der Waals surface area contributed by atoms with Crippen molar-refractivity contribution in [2.24, 2.45) is 0 Å². The summed E-state index contributed by atoms with van der Waals surface area (Å²) >= 11 is 0. The molecule has 0 spiro atoms. The van der Waals surface area contributed by atoms with Crippen LogP contribution >= 0.6 is 0 Å². The van der Waals surface area contributed by atoms with Gasteiger partial charge in [-0.25, -0.2) is 9.18 Å². The number of hydrogen-bond donors (Lipinski definition) is 1. The third kappa shape index (κ3) is 3.96. The fourth-order valence-electron chi connectivity index (χ4n) is 2.83. The number of anilines is 2. The average Bonchev–Trinajstić information content (AvgIpc) is 2.64. The highest BCUT2D eigenvalue weighted by Crippen LogP contribution is 2.19. The summed E-state index contributed by atoms with van der Waals surface area (Å²) in [7, 11) is 0. The van der Waals surface area contributed by atoms with Gasteiger partial charge in [-0.15, -0.1) is 0 Å². The van der Waals surface area contributed by atoms with Crippen molar-refractivity contribution in [3.63, 3.8) is 0 Å². The number of nitrogens with zero attached hydrogens (tertiary/aromatic N) is 2. The van der Waals surface area contributed by atoms with Crippen molar-refractivity contribution >= 4 is 23.2 Å². The van der Waals surface area contributed by atoms with Crippen molar-refractivity contribution in [2.45, 2.75) is 6.92 Å². The number of carbonyl (C=O) groups excluding carboxylic acids is 2. The predicted molar refractivity (Wildman–Crippen MR) is 95.7 cm³/mol. The molecule has 0 saturated carbocycles. The first-order chi connectivity index (χ1) is 12.0. The van der Waals surface area contributed by atoms with E-state index in [4.69, 9.17) is 0 Å². The zero-order chi connectivity index (χ0) is 17.8. The van der Waals surface area contributed by atoms with Gasteiger partial charge in [-0.1, -0.05) is 12.1 Å². The quantitative estimate of drug-likeness (QED) is 0.871. The Morgan fingerprint density at radius 2 is 1.60 bits per heavy atom. The number of piperazine rings is 1. The van der Waals surface area contributed by atoms with Gasteiger partial charge in [-0.2, -0.15) is 0 Å². The molecular weight excluding hydrogens is 321 g/mol. The van der Waals surface area contributed by atoms with E-state index in [2.05, 4.69) is 10.2 Å². The number of carbonyl (C=O) groups is 2. The monoisotopic (exact) mass is 341 g/mol. The number of Topliss-reactive ketones (excluding diaryl/α,β-unsaturated/α-hetero) is 1. The number of para-hydroxylation sites is 1. The summed E-state index contributed by atoms with van der Waals surface area (Å²) in [5, 5.41) is 2.61. The van der Waals surface area contributed by atoms with Crippen LogP contribution in [-0.2, 0) is 0 Å². The first kappa shape index (κ1) is 17.0. The number of halogens is 1. The Balaban J connectivity index is 1.57. The summed E-state index contributed by atoms with van der Waals surface area (Å²) in [5.74, 6) is -0.402. The Hall–Kier alpha value is -2.89. The van der Waals surface area contributed by atoms with Crippen LogP contribution in [0.3, 0.4) is 0 Å². The van der Waals surface area contributed by atoms with Gasteiger partial charge in [0.1, 0.15) is 5.82 Å². The van der Waals surface area contributed by atoms with Gasteiger partial charge >= 0.3 is 6.03 Å². The van der Waals surface area contributed by atoms with Crippen LogP contribution in [0.5, 0.6) is 0 Å². The molecule has 0 aliphatic carbocycles. The van der Waals surface area contributed by atoms with Gasteiger partial charge in [-0.3, -0.25) is 4.79 Å². The molecule has 2 amide bonds. The molecule has 3 rings (SSSR count). The van der Waals surface area contributed by atoms with E-state index >= 15 is 0 Å². The zero-order valence-corrected chi connectivity index (χ0v) is 14.0. The van der Waals surface area contributed by atoms with E-state index in [1.807, 2.05) is 24.3 Å². The maximum absolute atomic E-state index is 13.6. The largest absolute Gasteiger partial charge is 0.368 e. The van der Waals surface area contributed by atoms with E-state index in [1.54, 1.807) is 30.0 Å². The normalized spacial score (nSPS) is 14.3. The van der Waals surface area contributed by atoms with Crippen molar-refractivity contribution in [3.8, 4) is 0 Å². The molecule has 130 valence electrons. The molecule has 5 nitrogen and oxygen atoms in total. The Labute approximate surface area is 146 Å². The van der Waals surface area contributed by atoms with Crippen LogP contribution < -0.4 is 10.2 Å². The second-order valence-corrected chi connectivity index (χ2v) is 5.99. The Bertz CT molecular complexity index is 768. The van der Waals surface area contributed by atoms with E-state index in [9.17, 15) is 14.0 Å². The minimum atomic E-state index is -0.444. The molecule has 6 heteroatoms. The van der Waals surface area contributed by atoms with Crippen molar-refractivity contribution in [1.82, 2.24) is 4.90 Å². The fourth-order valence-corrected chi connectivity index (χ4v) is 2.83. The van der Waals surface area contributed by atoms with Gasteiger partial charge in [0.05, 0.1) is 5.69 Å². The summed E-state index contributed by atoms with van der Waals surface area (Å²) in [6, 6.07) is 13.3. The molecule has 0 atom stereocenters. The summed E-state index contributed by atoms with van der Waals surface area (Å²) in [6.45, 7) is 4.01. The van der Waals surface area contributed by atoms with Gasteiger partial charge in [0.25, 0.3) is 0 Å². The predicted octanol–water partition coefficient (Wildman–Crippen LogP) is 3.38. The van der Waals surface area contributed by atoms with Gasteiger partial charge in [0, 0.05) is 37.4 Å². The summed E-state index contributed by atoms with van der Waals surface area (Å²) in [5.41, 5.74) is 1.90. The lowest BCUT2D eigenvalue weighted by Crippen LogP contribution is -2.50. The number of nitrogens with one attached hydrogen (secondary N) is 1. The van der Waals surface area contributed by atoms with E-state index in [0.29, 0.717) is 31.7 Å². The number of hydrogen-bond acceptors (Lipinski definition) is 3. The van der Waals surface area contributed by atoms with Gasteiger partial charge in [-0.05, 0) is 43.3 Å². The Morgan fingerprint density at radius 1 is 0.960 bits per heavy atom. The second kappa shape index (κ2) is 7.34. The van der Waals surface area contributed by atoms with Crippen LogP contribution in [0.15, 0.2) is 48.5 Å². The number of benzene rings is 2. The van der Waals surface area contributed by atoms with E-state index in [1.165, 1.54) is 6.07 Å². The first-order valence-electron chi connectivity index (χ1n) is 8.21.